The first-order valence-corrected chi connectivity index (χ1v) is 7.50. The van der Waals surface area contributed by atoms with E-state index in [9.17, 15) is 9.90 Å². The highest BCUT2D eigenvalue weighted by atomic mass is 16.5. The lowest BCUT2D eigenvalue weighted by Gasteiger charge is -2.17. The number of ether oxygens (including phenoxy) is 1. The van der Waals surface area contributed by atoms with Gasteiger partial charge in [-0.15, -0.1) is 0 Å². The first-order chi connectivity index (χ1) is 10.1. The van der Waals surface area contributed by atoms with Crippen LogP contribution in [0.1, 0.15) is 31.4 Å². The maximum Gasteiger partial charge on any atom is 0.234 e. The van der Waals surface area contributed by atoms with E-state index < -0.39 is 6.10 Å². The van der Waals surface area contributed by atoms with Crippen molar-refractivity contribution in [3.05, 3.63) is 35.9 Å². The molecule has 2 atom stereocenters. The predicted octanol–water partition coefficient (Wildman–Crippen LogP) is 0.993. The number of hydrogen-bond acceptors (Lipinski definition) is 4. The van der Waals surface area contributed by atoms with Crippen LogP contribution in [0.3, 0.4) is 0 Å². The number of carbonyl (C=O) groups is 1. The standard InChI is InChI=1S/C16H24N2O3/c1-12(13-5-3-2-4-6-13)21-11-15(19)9-17-10-16(20)18-14-7-8-14/h2-6,12,14-15,17,19H,7-11H2,1H3,(H,18,20). The summed E-state index contributed by atoms with van der Waals surface area (Å²) in [6.45, 7) is 2.78. The van der Waals surface area contributed by atoms with E-state index in [-0.39, 0.29) is 25.2 Å². The highest BCUT2D eigenvalue weighted by Gasteiger charge is 2.22. The van der Waals surface area contributed by atoms with Crippen LogP contribution in [0.2, 0.25) is 0 Å². The molecule has 5 nitrogen and oxygen atoms in total. The zero-order chi connectivity index (χ0) is 15.1. The minimum Gasteiger partial charge on any atom is -0.389 e. The van der Waals surface area contributed by atoms with Gasteiger partial charge in [0.2, 0.25) is 5.91 Å². The SMILES string of the molecule is CC(OCC(O)CNCC(=O)NC1CC1)c1ccccc1. The Labute approximate surface area is 125 Å². The van der Waals surface area contributed by atoms with Gasteiger partial charge < -0.3 is 20.5 Å². The fraction of sp³-hybridized carbons (Fsp3) is 0.562. The van der Waals surface area contributed by atoms with Crippen LogP contribution < -0.4 is 10.6 Å². The van der Waals surface area contributed by atoms with Gasteiger partial charge in [0.1, 0.15) is 0 Å². The zero-order valence-corrected chi connectivity index (χ0v) is 12.4. The lowest BCUT2D eigenvalue weighted by molar-refractivity contribution is -0.120. The average Bonchev–Trinajstić information content (AvgIpc) is 3.29. The molecule has 1 aromatic rings. The van der Waals surface area contributed by atoms with E-state index in [0.717, 1.165) is 18.4 Å². The normalized spacial score (nSPS) is 17.2. The first-order valence-electron chi connectivity index (χ1n) is 7.50. The molecule has 0 radical (unpaired) electrons. The van der Waals surface area contributed by atoms with Crippen molar-refractivity contribution >= 4 is 5.91 Å². The smallest absolute Gasteiger partial charge is 0.234 e. The third-order valence-corrected chi connectivity index (χ3v) is 3.42. The minimum absolute atomic E-state index is 0.0109. The van der Waals surface area contributed by atoms with Crippen LogP contribution in [-0.2, 0) is 9.53 Å². The number of aliphatic hydroxyl groups is 1. The van der Waals surface area contributed by atoms with Gasteiger partial charge in [0.25, 0.3) is 0 Å². The summed E-state index contributed by atoms with van der Waals surface area (Å²) in [5, 5.41) is 15.7. The molecule has 116 valence electrons. The molecule has 1 saturated carbocycles. The molecule has 1 aromatic carbocycles. The van der Waals surface area contributed by atoms with E-state index in [0.29, 0.717) is 12.6 Å². The summed E-state index contributed by atoms with van der Waals surface area (Å²) in [7, 11) is 0. The van der Waals surface area contributed by atoms with Crippen LogP contribution in [0.5, 0.6) is 0 Å². The molecule has 0 aromatic heterocycles. The lowest BCUT2D eigenvalue weighted by atomic mass is 10.1. The van der Waals surface area contributed by atoms with Crippen LogP contribution in [0.15, 0.2) is 30.3 Å². The molecule has 1 fully saturated rings. The van der Waals surface area contributed by atoms with Crippen LogP contribution in [0.25, 0.3) is 0 Å². The van der Waals surface area contributed by atoms with Crippen molar-refractivity contribution in [1.82, 2.24) is 10.6 Å². The van der Waals surface area contributed by atoms with Gasteiger partial charge in [0.15, 0.2) is 0 Å². The molecule has 0 aliphatic heterocycles. The van der Waals surface area contributed by atoms with Crippen LogP contribution >= 0.6 is 0 Å². The quantitative estimate of drug-likeness (QED) is 0.635. The van der Waals surface area contributed by atoms with Gasteiger partial charge in [-0.2, -0.15) is 0 Å². The lowest BCUT2D eigenvalue weighted by Crippen LogP contribution is -2.39. The molecule has 0 spiro atoms. The van der Waals surface area contributed by atoms with E-state index in [4.69, 9.17) is 4.74 Å². The number of hydrogen-bond donors (Lipinski definition) is 3. The third-order valence-electron chi connectivity index (χ3n) is 3.42. The molecule has 1 aliphatic carbocycles. The Morgan fingerprint density at radius 1 is 1.38 bits per heavy atom. The van der Waals surface area contributed by atoms with Gasteiger partial charge in [-0.25, -0.2) is 0 Å². The summed E-state index contributed by atoms with van der Waals surface area (Å²) < 4.78 is 5.63. The first kappa shape index (κ1) is 15.9. The summed E-state index contributed by atoms with van der Waals surface area (Å²) >= 11 is 0. The van der Waals surface area contributed by atoms with Crippen LogP contribution in [-0.4, -0.2) is 42.9 Å². The van der Waals surface area contributed by atoms with Gasteiger partial charge in [-0.3, -0.25) is 4.79 Å². The molecule has 0 heterocycles. The molecule has 3 N–H and O–H groups in total. The third kappa shape index (κ3) is 6.25. The van der Waals surface area contributed by atoms with E-state index >= 15 is 0 Å². The Balaban J connectivity index is 1.56. The number of amides is 1. The van der Waals surface area contributed by atoms with E-state index in [1.54, 1.807) is 0 Å². The number of aliphatic hydroxyl groups excluding tert-OH is 1. The molecule has 2 unspecified atom stereocenters. The van der Waals surface area contributed by atoms with Gasteiger partial charge in [0, 0.05) is 12.6 Å². The Morgan fingerprint density at radius 2 is 2.10 bits per heavy atom. The van der Waals surface area contributed by atoms with Gasteiger partial charge in [0.05, 0.1) is 25.4 Å². The predicted molar refractivity (Wildman–Crippen MR) is 80.9 cm³/mol. The largest absolute Gasteiger partial charge is 0.389 e. The maximum absolute atomic E-state index is 11.4. The summed E-state index contributed by atoms with van der Waals surface area (Å²) in [5.74, 6) is -0.0109. The molecule has 1 amide bonds. The van der Waals surface area contributed by atoms with Gasteiger partial charge in [-0.1, -0.05) is 30.3 Å². The van der Waals surface area contributed by atoms with Gasteiger partial charge >= 0.3 is 0 Å². The van der Waals surface area contributed by atoms with Crippen molar-refractivity contribution in [2.45, 2.75) is 38.0 Å². The molecule has 0 saturated heterocycles. The second-order valence-electron chi connectivity index (χ2n) is 5.51. The summed E-state index contributed by atoms with van der Waals surface area (Å²) in [5.41, 5.74) is 1.08. The zero-order valence-electron chi connectivity index (χ0n) is 12.4. The number of benzene rings is 1. The Bertz CT molecular complexity index is 434. The van der Waals surface area contributed by atoms with Crippen molar-refractivity contribution in [1.29, 1.82) is 0 Å². The van der Waals surface area contributed by atoms with Gasteiger partial charge in [-0.05, 0) is 25.3 Å². The van der Waals surface area contributed by atoms with E-state index in [1.807, 2.05) is 37.3 Å². The highest BCUT2D eigenvalue weighted by Crippen LogP contribution is 2.18. The van der Waals surface area contributed by atoms with E-state index in [2.05, 4.69) is 10.6 Å². The second-order valence-corrected chi connectivity index (χ2v) is 5.51. The molecular formula is C16H24N2O3. The minimum atomic E-state index is -0.620. The molecule has 0 bridgehead atoms. The average molecular weight is 292 g/mol. The number of carbonyl (C=O) groups excluding carboxylic acids is 1. The van der Waals surface area contributed by atoms with Crippen LogP contribution in [0.4, 0.5) is 0 Å². The molecular weight excluding hydrogens is 268 g/mol. The number of rotatable bonds is 9. The monoisotopic (exact) mass is 292 g/mol. The molecule has 21 heavy (non-hydrogen) atoms. The summed E-state index contributed by atoms with van der Waals surface area (Å²) in [4.78, 5) is 11.4. The second kappa shape index (κ2) is 8.12. The fourth-order valence-corrected chi connectivity index (χ4v) is 1.99. The van der Waals surface area contributed by atoms with Crippen molar-refractivity contribution in [2.24, 2.45) is 0 Å². The van der Waals surface area contributed by atoms with Crippen LogP contribution in [0, 0.1) is 0 Å². The summed E-state index contributed by atoms with van der Waals surface area (Å²) in [6, 6.07) is 10.3. The molecule has 5 heteroatoms. The number of nitrogens with one attached hydrogen (secondary N) is 2. The Morgan fingerprint density at radius 3 is 2.76 bits per heavy atom. The van der Waals surface area contributed by atoms with Crippen molar-refractivity contribution in [3.63, 3.8) is 0 Å². The van der Waals surface area contributed by atoms with Crippen molar-refractivity contribution in [3.8, 4) is 0 Å². The Kier molecular flexibility index (Phi) is 6.17. The topological polar surface area (TPSA) is 70.6 Å². The molecule has 2 rings (SSSR count). The maximum atomic E-state index is 11.4. The van der Waals surface area contributed by atoms with Crippen molar-refractivity contribution in [2.75, 3.05) is 19.7 Å². The van der Waals surface area contributed by atoms with Crippen molar-refractivity contribution < 1.29 is 14.6 Å². The summed E-state index contributed by atoms with van der Waals surface area (Å²) in [6.07, 6.45) is 1.49. The fourth-order valence-electron chi connectivity index (χ4n) is 1.99. The Hall–Kier alpha value is -1.43. The molecule has 1 aliphatic rings. The van der Waals surface area contributed by atoms with E-state index in [1.165, 1.54) is 0 Å². The highest BCUT2D eigenvalue weighted by molar-refractivity contribution is 5.78.